The molecule has 0 fully saturated rings. The maximum atomic E-state index is 11.2. The monoisotopic (exact) mass is 217 g/mol. The number of aromatic nitrogens is 2. The number of hydrogen-bond acceptors (Lipinski definition) is 2. The van der Waals surface area contributed by atoms with Crippen LogP contribution in [0, 0.1) is 0 Å². The van der Waals surface area contributed by atoms with Gasteiger partial charge in [0.05, 0.1) is 5.56 Å². The maximum Gasteiger partial charge on any atom is 0.250 e. The lowest BCUT2D eigenvalue weighted by Gasteiger charge is -1.97. The molecule has 0 radical (unpaired) electrons. The minimum Gasteiger partial charge on any atom is -0.366 e. The molecule has 2 N–H and O–H groups in total. The van der Waals surface area contributed by atoms with Crippen molar-refractivity contribution in [1.29, 1.82) is 0 Å². The van der Waals surface area contributed by atoms with Crippen molar-refractivity contribution in [2.24, 2.45) is 5.73 Å². The van der Waals surface area contributed by atoms with Crippen LogP contribution in [-0.4, -0.2) is 15.7 Å². The van der Waals surface area contributed by atoms with Gasteiger partial charge in [-0.3, -0.25) is 9.48 Å². The Balaban J connectivity index is 2.44. The van der Waals surface area contributed by atoms with Crippen molar-refractivity contribution in [1.82, 2.24) is 9.78 Å². The summed E-state index contributed by atoms with van der Waals surface area (Å²) < 4.78 is 1.88. The van der Waals surface area contributed by atoms with E-state index in [4.69, 9.17) is 5.73 Å². The highest BCUT2D eigenvalue weighted by Crippen LogP contribution is 2.16. The lowest BCUT2D eigenvalue weighted by Crippen LogP contribution is -2.11. The number of carbonyl (C=O) groups excluding carboxylic acids is 1. The van der Waals surface area contributed by atoms with Crippen molar-refractivity contribution in [2.75, 3.05) is 0 Å². The van der Waals surface area contributed by atoms with Crippen molar-refractivity contribution in [2.45, 2.75) is 26.3 Å². The van der Waals surface area contributed by atoms with Crippen LogP contribution in [0.1, 0.15) is 30.1 Å². The lowest BCUT2D eigenvalue weighted by molar-refractivity contribution is 0.100. The van der Waals surface area contributed by atoms with Crippen LogP contribution in [0.3, 0.4) is 0 Å². The lowest BCUT2D eigenvalue weighted by atomic mass is 10.1. The number of benzene rings is 1. The van der Waals surface area contributed by atoms with Crippen LogP contribution in [0.2, 0.25) is 0 Å². The molecule has 84 valence electrons. The largest absolute Gasteiger partial charge is 0.366 e. The Morgan fingerprint density at radius 1 is 1.50 bits per heavy atom. The fourth-order valence-electron chi connectivity index (χ4n) is 1.73. The van der Waals surface area contributed by atoms with Crippen LogP contribution < -0.4 is 5.73 Å². The first-order chi connectivity index (χ1) is 7.72. The summed E-state index contributed by atoms with van der Waals surface area (Å²) in [6.07, 6.45) is 4.16. The summed E-state index contributed by atoms with van der Waals surface area (Å²) in [5.74, 6) is -0.425. The molecule has 0 saturated heterocycles. The first-order valence-corrected chi connectivity index (χ1v) is 5.48. The summed E-state index contributed by atoms with van der Waals surface area (Å²) >= 11 is 0. The van der Waals surface area contributed by atoms with Gasteiger partial charge >= 0.3 is 0 Å². The molecule has 0 aliphatic carbocycles. The molecule has 0 aliphatic heterocycles. The molecule has 4 heteroatoms. The molecule has 0 atom stereocenters. The van der Waals surface area contributed by atoms with Crippen molar-refractivity contribution in [3.05, 3.63) is 30.0 Å². The zero-order chi connectivity index (χ0) is 11.5. The minimum absolute atomic E-state index is 0.425. The third-order valence-electron chi connectivity index (χ3n) is 2.59. The molecule has 4 nitrogen and oxygen atoms in total. The van der Waals surface area contributed by atoms with E-state index in [-0.39, 0.29) is 0 Å². The predicted molar refractivity (Wildman–Crippen MR) is 63.2 cm³/mol. The van der Waals surface area contributed by atoms with Crippen LogP contribution in [0.4, 0.5) is 0 Å². The standard InChI is InChI=1S/C12H15N3O/c1-2-3-7-15-8-9-5-4-6-10(12(13)16)11(9)14-15/h4-6,8H,2-3,7H2,1H3,(H2,13,16). The van der Waals surface area contributed by atoms with E-state index in [1.165, 1.54) is 0 Å². The number of nitrogens with two attached hydrogens (primary N) is 1. The third kappa shape index (κ3) is 1.91. The molecule has 2 rings (SSSR count). The summed E-state index contributed by atoms with van der Waals surface area (Å²) in [6.45, 7) is 3.02. The number of nitrogens with zero attached hydrogens (tertiary/aromatic N) is 2. The summed E-state index contributed by atoms with van der Waals surface area (Å²) in [5.41, 5.74) is 6.49. The van der Waals surface area contributed by atoms with Gasteiger partial charge in [-0.1, -0.05) is 25.5 Å². The number of fused-ring (bicyclic) bond motifs is 1. The van der Waals surface area contributed by atoms with Crippen LogP contribution in [-0.2, 0) is 6.54 Å². The number of primary amides is 1. The molecule has 0 aliphatic rings. The van der Waals surface area contributed by atoms with Gasteiger partial charge in [-0.15, -0.1) is 0 Å². The smallest absolute Gasteiger partial charge is 0.250 e. The number of rotatable bonds is 4. The molecule has 16 heavy (non-hydrogen) atoms. The second kappa shape index (κ2) is 4.35. The van der Waals surface area contributed by atoms with E-state index in [0.29, 0.717) is 11.1 Å². The van der Waals surface area contributed by atoms with Crippen molar-refractivity contribution < 1.29 is 4.79 Å². The van der Waals surface area contributed by atoms with E-state index < -0.39 is 5.91 Å². The third-order valence-corrected chi connectivity index (χ3v) is 2.59. The number of unbranched alkanes of at least 4 members (excludes halogenated alkanes) is 1. The van der Waals surface area contributed by atoms with Gasteiger partial charge < -0.3 is 5.73 Å². The van der Waals surface area contributed by atoms with E-state index in [2.05, 4.69) is 12.0 Å². The minimum atomic E-state index is -0.425. The van der Waals surface area contributed by atoms with Gasteiger partial charge in [0.25, 0.3) is 5.91 Å². The molecule has 2 aromatic rings. The second-order valence-electron chi connectivity index (χ2n) is 3.85. The first-order valence-electron chi connectivity index (χ1n) is 5.48. The average Bonchev–Trinajstić information content (AvgIpc) is 2.68. The number of amides is 1. The summed E-state index contributed by atoms with van der Waals surface area (Å²) in [4.78, 5) is 11.2. The zero-order valence-electron chi connectivity index (χ0n) is 9.31. The Hall–Kier alpha value is -1.84. The average molecular weight is 217 g/mol. The first kappa shape index (κ1) is 10.7. The normalized spacial score (nSPS) is 10.8. The predicted octanol–water partition coefficient (Wildman–Crippen LogP) is 1.94. The fraction of sp³-hybridized carbons (Fsp3) is 0.333. The van der Waals surface area contributed by atoms with E-state index in [1.807, 2.05) is 23.0 Å². The number of hydrogen-bond donors (Lipinski definition) is 1. The molecule has 1 aromatic heterocycles. The van der Waals surface area contributed by atoms with Gasteiger partial charge in [-0.2, -0.15) is 5.10 Å². The SMILES string of the molecule is CCCCn1cc2cccc(C(N)=O)c2n1. The molecule has 0 bridgehead atoms. The molecule has 1 heterocycles. The van der Waals surface area contributed by atoms with E-state index >= 15 is 0 Å². The highest BCUT2D eigenvalue weighted by Gasteiger charge is 2.09. The van der Waals surface area contributed by atoms with Gasteiger partial charge in [0.2, 0.25) is 0 Å². The van der Waals surface area contributed by atoms with Gasteiger partial charge in [-0.05, 0) is 12.5 Å². The van der Waals surface area contributed by atoms with E-state index in [1.54, 1.807) is 6.07 Å². The van der Waals surface area contributed by atoms with Gasteiger partial charge in [0, 0.05) is 18.1 Å². The van der Waals surface area contributed by atoms with Crippen LogP contribution in [0.15, 0.2) is 24.4 Å². The highest BCUT2D eigenvalue weighted by molar-refractivity contribution is 6.04. The van der Waals surface area contributed by atoms with E-state index in [0.717, 1.165) is 24.8 Å². The topological polar surface area (TPSA) is 60.9 Å². The Labute approximate surface area is 94.0 Å². The molecular formula is C12H15N3O. The molecule has 1 amide bonds. The molecule has 0 unspecified atom stereocenters. The summed E-state index contributed by atoms with van der Waals surface area (Å²) in [5, 5.41) is 5.35. The van der Waals surface area contributed by atoms with Crippen molar-refractivity contribution >= 4 is 16.8 Å². The Morgan fingerprint density at radius 2 is 2.31 bits per heavy atom. The number of carbonyl (C=O) groups is 1. The number of aryl methyl sites for hydroxylation is 1. The quantitative estimate of drug-likeness (QED) is 0.850. The zero-order valence-corrected chi connectivity index (χ0v) is 9.31. The summed E-state index contributed by atoms with van der Waals surface area (Å²) in [6, 6.07) is 5.48. The molecular weight excluding hydrogens is 202 g/mol. The highest BCUT2D eigenvalue weighted by atomic mass is 16.1. The maximum absolute atomic E-state index is 11.2. The summed E-state index contributed by atoms with van der Waals surface area (Å²) in [7, 11) is 0. The molecule has 0 spiro atoms. The molecule has 1 aromatic carbocycles. The van der Waals surface area contributed by atoms with Crippen LogP contribution in [0.5, 0.6) is 0 Å². The van der Waals surface area contributed by atoms with Gasteiger partial charge in [0.1, 0.15) is 5.52 Å². The van der Waals surface area contributed by atoms with Gasteiger partial charge in [-0.25, -0.2) is 0 Å². The van der Waals surface area contributed by atoms with Gasteiger partial charge in [0.15, 0.2) is 0 Å². The van der Waals surface area contributed by atoms with Crippen LogP contribution in [0.25, 0.3) is 10.9 Å². The fourth-order valence-corrected chi connectivity index (χ4v) is 1.73. The van der Waals surface area contributed by atoms with Crippen LogP contribution >= 0.6 is 0 Å². The Morgan fingerprint density at radius 3 is 3.00 bits per heavy atom. The molecule has 0 saturated carbocycles. The second-order valence-corrected chi connectivity index (χ2v) is 3.85. The van der Waals surface area contributed by atoms with E-state index in [9.17, 15) is 4.79 Å². The Bertz CT molecular complexity index is 516. The van der Waals surface area contributed by atoms with Crippen molar-refractivity contribution in [3.8, 4) is 0 Å². The Kier molecular flexibility index (Phi) is 2.90. The van der Waals surface area contributed by atoms with Crippen molar-refractivity contribution in [3.63, 3.8) is 0 Å².